The molecule has 1 aromatic heterocycles. The predicted octanol–water partition coefficient (Wildman–Crippen LogP) is 1.54. The van der Waals surface area contributed by atoms with Gasteiger partial charge in [-0.3, -0.25) is 29.7 Å². The Hall–Kier alpha value is -3.49. The molecule has 3 N–H and O–H groups in total. The molecular weight excluding hydrogens is 340 g/mol. The van der Waals surface area contributed by atoms with E-state index in [0.717, 1.165) is 0 Å². The van der Waals surface area contributed by atoms with Crippen molar-refractivity contribution in [2.45, 2.75) is 25.2 Å². The zero-order chi connectivity index (χ0) is 18.4. The molecule has 2 aliphatic rings. The Labute approximate surface area is 145 Å². The largest absolute Gasteiger partial charge is 0.344 e. The van der Waals surface area contributed by atoms with Gasteiger partial charge in [0.1, 0.15) is 5.82 Å². The normalized spacial score (nSPS) is 18.8. The second-order valence-electron chi connectivity index (χ2n) is 6.28. The Kier molecular flexibility index (Phi) is 3.57. The lowest BCUT2D eigenvalue weighted by Gasteiger charge is -2.32. The fraction of sp³-hybridized carbons (Fsp3) is 0.235. The summed E-state index contributed by atoms with van der Waals surface area (Å²) in [6, 6.07) is 5.86. The molecule has 2 heterocycles. The molecule has 1 aromatic carbocycles. The molecule has 0 unspecified atom stereocenters. The zero-order valence-corrected chi connectivity index (χ0v) is 13.5. The molecule has 2 aromatic rings. The number of nitrogens with zero attached hydrogens (tertiary/aromatic N) is 1. The number of carbonyl (C=O) groups excluding carboxylic acids is 1. The zero-order valence-electron chi connectivity index (χ0n) is 13.5. The maximum absolute atomic E-state index is 12.6. The first-order valence-electron chi connectivity index (χ1n) is 8.10. The topological polar surface area (TPSA) is 138 Å². The summed E-state index contributed by atoms with van der Waals surface area (Å²) in [5.74, 6) is -0.648. The molecule has 1 aliphatic carbocycles. The number of non-ortho nitro benzene ring substituents is 1. The average molecular weight is 354 g/mol. The van der Waals surface area contributed by atoms with Gasteiger partial charge in [0, 0.05) is 35.7 Å². The first-order valence-corrected chi connectivity index (χ1v) is 8.10. The van der Waals surface area contributed by atoms with Crippen molar-refractivity contribution < 1.29 is 9.72 Å². The quantitative estimate of drug-likeness (QED) is 0.552. The summed E-state index contributed by atoms with van der Waals surface area (Å²) in [6.07, 6.45) is 1.61. The van der Waals surface area contributed by atoms with E-state index in [1.54, 1.807) is 6.07 Å². The van der Waals surface area contributed by atoms with Crippen LogP contribution >= 0.6 is 0 Å². The minimum atomic E-state index is -0.769. The minimum absolute atomic E-state index is 0.105. The lowest BCUT2D eigenvalue weighted by molar-refractivity contribution is -0.384. The van der Waals surface area contributed by atoms with Gasteiger partial charge in [-0.25, -0.2) is 4.79 Å². The molecule has 26 heavy (non-hydrogen) atoms. The number of nitro groups is 1. The summed E-state index contributed by atoms with van der Waals surface area (Å²) in [4.78, 5) is 52.1. The highest BCUT2D eigenvalue weighted by Gasteiger charge is 2.37. The third kappa shape index (κ3) is 2.44. The molecule has 4 rings (SSSR count). The van der Waals surface area contributed by atoms with E-state index in [4.69, 9.17) is 0 Å². The number of aromatic amines is 2. The second-order valence-corrected chi connectivity index (χ2v) is 6.28. The van der Waals surface area contributed by atoms with Crippen LogP contribution in [0.4, 0.5) is 11.5 Å². The Balaban J connectivity index is 2.01. The van der Waals surface area contributed by atoms with Crippen molar-refractivity contribution >= 4 is 17.3 Å². The van der Waals surface area contributed by atoms with Crippen molar-refractivity contribution in [3.8, 4) is 0 Å². The first kappa shape index (κ1) is 16.0. The van der Waals surface area contributed by atoms with Crippen molar-refractivity contribution in [1.29, 1.82) is 0 Å². The molecule has 0 spiro atoms. The maximum atomic E-state index is 12.6. The van der Waals surface area contributed by atoms with Gasteiger partial charge in [-0.2, -0.15) is 0 Å². The fourth-order valence-electron chi connectivity index (χ4n) is 3.64. The number of fused-ring (bicyclic) bond motifs is 1. The van der Waals surface area contributed by atoms with Crippen molar-refractivity contribution in [3.63, 3.8) is 0 Å². The minimum Gasteiger partial charge on any atom is -0.344 e. The molecule has 9 heteroatoms. The second kappa shape index (κ2) is 5.80. The van der Waals surface area contributed by atoms with Gasteiger partial charge in [0.15, 0.2) is 5.78 Å². The molecule has 1 aliphatic heterocycles. The summed E-state index contributed by atoms with van der Waals surface area (Å²) in [7, 11) is 0. The molecule has 0 saturated carbocycles. The number of nitro benzene ring substituents is 1. The number of rotatable bonds is 2. The van der Waals surface area contributed by atoms with Crippen molar-refractivity contribution in [2.24, 2.45) is 0 Å². The third-order valence-electron chi connectivity index (χ3n) is 4.70. The van der Waals surface area contributed by atoms with Gasteiger partial charge in [-0.1, -0.05) is 12.1 Å². The number of hydrogen-bond acceptors (Lipinski definition) is 6. The molecule has 0 fully saturated rings. The summed E-state index contributed by atoms with van der Waals surface area (Å²) < 4.78 is 0. The van der Waals surface area contributed by atoms with E-state index in [9.17, 15) is 24.5 Å². The summed E-state index contributed by atoms with van der Waals surface area (Å²) in [5, 5.41) is 14.1. The van der Waals surface area contributed by atoms with Gasteiger partial charge in [0.2, 0.25) is 0 Å². The molecule has 132 valence electrons. The van der Waals surface area contributed by atoms with E-state index in [0.29, 0.717) is 36.1 Å². The Morgan fingerprint density at radius 3 is 2.69 bits per heavy atom. The van der Waals surface area contributed by atoms with Crippen LogP contribution in [0.25, 0.3) is 0 Å². The Morgan fingerprint density at radius 1 is 1.12 bits per heavy atom. The van der Waals surface area contributed by atoms with Crippen LogP contribution in [-0.2, 0) is 4.79 Å². The summed E-state index contributed by atoms with van der Waals surface area (Å²) in [5.41, 5.74) is 0.298. The molecular formula is C17H14N4O5. The van der Waals surface area contributed by atoms with E-state index in [2.05, 4.69) is 15.3 Å². The first-order chi connectivity index (χ1) is 12.5. The number of nitrogens with one attached hydrogen (secondary N) is 3. The van der Waals surface area contributed by atoms with Crippen LogP contribution in [0.15, 0.2) is 45.1 Å². The number of H-pyrrole nitrogens is 2. The number of hydrogen-bond donors (Lipinski definition) is 3. The Morgan fingerprint density at radius 2 is 1.92 bits per heavy atom. The summed E-state index contributed by atoms with van der Waals surface area (Å²) in [6.45, 7) is 0. The molecule has 0 saturated heterocycles. The highest BCUT2D eigenvalue weighted by atomic mass is 16.6. The lowest BCUT2D eigenvalue weighted by Crippen LogP contribution is -2.36. The van der Waals surface area contributed by atoms with Crippen LogP contribution < -0.4 is 16.6 Å². The van der Waals surface area contributed by atoms with Gasteiger partial charge in [-0.15, -0.1) is 0 Å². The van der Waals surface area contributed by atoms with Crippen LogP contribution in [0.5, 0.6) is 0 Å². The predicted molar refractivity (Wildman–Crippen MR) is 92.1 cm³/mol. The number of Topliss-reactive ketones (excluding diaryl/α,β-unsaturated/α-hetero) is 1. The van der Waals surface area contributed by atoms with E-state index < -0.39 is 22.1 Å². The molecule has 0 amide bonds. The fourth-order valence-corrected chi connectivity index (χ4v) is 3.64. The van der Waals surface area contributed by atoms with Crippen LogP contribution in [0.2, 0.25) is 0 Å². The highest BCUT2D eigenvalue weighted by Crippen LogP contribution is 2.43. The standard InChI is InChI=1S/C17H14N4O5/c22-11-6-2-5-10-13(11)12(8-3-1-4-9(7-8)21(25)26)14-15(18-10)19-17(24)20-16(14)23/h1,3-4,7,12H,2,5-6H2,(H3,18,19,20,23,24)/t12-/m0/s1. The molecule has 0 bridgehead atoms. The number of anilines is 1. The smallest absolute Gasteiger partial charge is 0.327 e. The number of aromatic nitrogens is 2. The monoisotopic (exact) mass is 354 g/mol. The van der Waals surface area contributed by atoms with Crippen LogP contribution in [-0.4, -0.2) is 20.7 Å². The SMILES string of the molecule is O=C1CCCC2=C1[C@H](c1cccc([N+](=O)[O-])c1)c1c([nH]c(=O)[nH]c1=O)N2. The van der Waals surface area contributed by atoms with Gasteiger partial charge in [-0.05, 0) is 18.4 Å². The number of ketones is 1. The van der Waals surface area contributed by atoms with E-state index in [-0.39, 0.29) is 22.9 Å². The van der Waals surface area contributed by atoms with Crippen molar-refractivity contribution in [3.05, 3.63) is 77.6 Å². The van der Waals surface area contributed by atoms with Gasteiger partial charge in [0.25, 0.3) is 11.2 Å². The van der Waals surface area contributed by atoms with Gasteiger partial charge < -0.3 is 5.32 Å². The van der Waals surface area contributed by atoms with E-state index in [1.165, 1.54) is 18.2 Å². The van der Waals surface area contributed by atoms with Gasteiger partial charge in [0.05, 0.1) is 10.5 Å². The number of allylic oxidation sites excluding steroid dienone is 2. The van der Waals surface area contributed by atoms with Crippen molar-refractivity contribution in [1.82, 2.24) is 9.97 Å². The molecule has 0 radical (unpaired) electrons. The van der Waals surface area contributed by atoms with Crippen LogP contribution in [0.3, 0.4) is 0 Å². The molecule has 9 nitrogen and oxygen atoms in total. The highest BCUT2D eigenvalue weighted by molar-refractivity contribution is 6.00. The maximum Gasteiger partial charge on any atom is 0.327 e. The lowest BCUT2D eigenvalue weighted by atomic mass is 9.76. The number of benzene rings is 1. The third-order valence-corrected chi connectivity index (χ3v) is 4.70. The van der Waals surface area contributed by atoms with Crippen LogP contribution in [0.1, 0.15) is 36.3 Å². The Bertz CT molecular complexity index is 1090. The average Bonchev–Trinajstić information content (AvgIpc) is 2.60. The van der Waals surface area contributed by atoms with Gasteiger partial charge >= 0.3 is 5.69 Å². The van der Waals surface area contributed by atoms with Crippen molar-refractivity contribution in [2.75, 3.05) is 5.32 Å². The number of carbonyl (C=O) groups is 1. The summed E-state index contributed by atoms with van der Waals surface area (Å²) >= 11 is 0. The van der Waals surface area contributed by atoms with E-state index in [1.807, 2.05) is 0 Å². The van der Waals surface area contributed by atoms with E-state index >= 15 is 0 Å². The van der Waals surface area contributed by atoms with Crippen LogP contribution in [0, 0.1) is 10.1 Å². The molecule has 1 atom stereocenters.